The van der Waals surface area contributed by atoms with E-state index < -0.39 is 5.60 Å². The van der Waals surface area contributed by atoms with Gasteiger partial charge >= 0.3 is 0 Å². The Labute approximate surface area is 219 Å². The quantitative estimate of drug-likeness (QED) is 0.413. The highest BCUT2D eigenvalue weighted by Crippen LogP contribution is 2.31. The molecule has 0 aliphatic carbocycles. The molecule has 0 spiro atoms. The Bertz CT molecular complexity index is 1190. The Hall–Kier alpha value is -3.03. The standard InChI is InChI=1S/C27H27BrClN3O3/c1-27(2,35-22-11-8-20(28)9-12-22)26(34)30-23-18-21(29)10-13-24(23)31-14-16-32(17-15-31)25(33)19-6-4-3-5-7-19/h3-13,18H,14-17H2,1-2H3,(H,30,34). The number of rotatable bonds is 6. The molecule has 1 saturated heterocycles. The molecule has 2 amide bonds. The number of amides is 2. The zero-order valence-electron chi connectivity index (χ0n) is 19.6. The van der Waals surface area contributed by atoms with Crippen LogP contribution < -0.4 is 15.0 Å². The molecule has 3 aromatic carbocycles. The van der Waals surface area contributed by atoms with Crippen molar-refractivity contribution in [2.24, 2.45) is 0 Å². The van der Waals surface area contributed by atoms with Crippen molar-refractivity contribution in [1.29, 1.82) is 0 Å². The Morgan fingerprint density at radius 3 is 2.26 bits per heavy atom. The van der Waals surface area contributed by atoms with E-state index >= 15 is 0 Å². The van der Waals surface area contributed by atoms with Crippen molar-refractivity contribution in [3.63, 3.8) is 0 Å². The Balaban J connectivity index is 1.45. The van der Waals surface area contributed by atoms with Crippen LogP contribution in [0.2, 0.25) is 5.02 Å². The fourth-order valence-corrected chi connectivity index (χ4v) is 4.35. The molecule has 8 heteroatoms. The lowest BCUT2D eigenvalue weighted by Crippen LogP contribution is -2.49. The second kappa shape index (κ2) is 10.7. The van der Waals surface area contributed by atoms with Crippen LogP contribution in [-0.2, 0) is 4.79 Å². The lowest BCUT2D eigenvalue weighted by atomic mass is 10.1. The van der Waals surface area contributed by atoms with E-state index in [1.54, 1.807) is 38.1 Å². The molecule has 6 nitrogen and oxygen atoms in total. The molecule has 0 saturated carbocycles. The van der Waals surface area contributed by atoms with Gasteiger partial charge in [-0.15, -0.1) is 0 Å². The van der Waals surface area contributed by atoms with Crippen LogP contribution in [0.1, 0.15) is 24.2 Å². The van der Waals surface area contributed by atoms with Gasteiger partial charge in [-0.25, -0.2) is 0 Å². The fourth-order valence-electron chi connectivity index (χ4n) is 3.91. The van der Waals surface area contributed by atoms with Gasteiger partial charge in [-0.2, -0.15) is 0 Å². The number of halogens is 2. The third-order valence-corrected chi connectivity index (χ3v) is 6.63. The Morgan fingerprint density at radius 1 is 0.943 bits per heavy atom. The summed E-state index contributed by atoms with van der Waals surface area (Å²) < 4.78 is 6.90. The van der Waals surface area contributed by atoms with Gasteiger partial charge in [0.05, 0.1) is 11.4 Å². The van der Waals surface area contributed by atoms with Gasteiger partial charge < -0.3 is 19.9 Å². The highest BCUT2D eigenvalue weighted by atomic mass is 79.9. The van der Waals surface area contributed by atoms with Gasteiger partial charge in [0.25, 0.3) is 11.8 Å². The smallest absolute Gasteiger partial charge is 0.268 e. The second-order valence-electron chi connectivity index (χ2n) is 8.83. The molecule has 0 atom stereocenters. The first-order chi connectivity index (χ1) is 16.7. The zero-order valence-corrected chi connectivity index (χ0v) is 22.0. The molecule has 1 aliphatic heterocycles. The molecule has 3 aromatic rings. The first-order valence-electron chi connectivity index (χ1n) is 11.4. The molecule has 182 valence electrons. The molecule has 1 fully saturated rings. The number of hydrogen-bond donors (Lipinski definition) is 1. The zero-order chi connectivity index (χ0) is 25.0. The maximum Gasteiger partial charge on any atom is 0.268 e. The molecular formula is C27H27BrClN3O3. The molecule has 0 bridgehead atoms. The van der Waals surface area contributed by atoms with E-state index in [0.29, 0.717) is 48.2 Å². The van der Waals surface area contributed by atoms with E-state index in [0.717, 1.165) is 10.2 Å². The molecule has 1 heterocycles. The van der Waals surface area contributed by atoms with Gasteiger partial charge in [0.2, 0.25) is 0 Å². The summed E-state index contributed by atoms with van der Waals surface area (Å²) in [5, 5.41) is 3.52. The third-order valence-electron chi connectivity index (χ3n) is 5.87. The minimum Gasteiger partial charge on any atom is -0.478 e. The Morgan fingerprint density at radius 2 is 1.60 bits per heavy atom. The molecular weight excluding hydrogens is 530 g/mol. The molecule has 0 unspecified atom stereocenters. The summed E-state index contributed by atoms with van der Waals surface area (Å²) in [6.07, 6.45) is 0. The lowest BCUT2D eigenvalue weighted by molar-refractivity contribution is -0.128. The van der Waals surface area contributed by atoms with Crippen LogP contribution >= 0.6 is 27.5 Å². The van der Waals surface area contributed by atoms with E-state index in [1.807, 2.05) is 53.4 Å². The highest BCUT2D eigenvalue weighted by molar-refractivity contribution is 9.10. The maximum absolute atomic E-state index is 13.2. The summed E-state index contributed by atoms with van der Waals surface area (Å²) >= 11 is 9.67. The van der Waals surface area contributed by atoms with Crippen molar-refractivity contribution in [2.75, 3.05) is 36.4 Å². The topological polar surface area (TPSA) is 61.9 Å². The van der Waals surface area contributed by atoms with Crippen molar-refractivity contribution in [1.82, 2.24) is 4.90 Å². The van der Waals surface area contributed by atoms with Crippen LogP contribution in [0.25, 0.3) is 0 Å². The van der Waals surface area contributed by atoms with Gasteiger partial charge in [0.15, 0.2) is 5.60 Å². The minimum atomic E-state index is -1.12. The van der Waals surface area contributed by atoms with Crippen molar-refractivity contribution in [3.8, 4) is 5.75 Å². The van der Waals surface area contributed by atoms with Gasteiger partial charge in [-0.1, -0.05) is 45.7 Å². The summed E-state index contributed by atoms with van der Waals surface area (Å²) in [4.78, 5) is 30.0. The highest BCUT2D eigenvalue weighted by Gasteiger charge is 2.31. The van der Waals surface area contributed by atoms with E-state index in [2.05, 4.69) is 26.1 Å². The van der Waals surface area contributed by atoms with Gasteiger partial charge in [-0.3, -0.25) is 9.59 Å². The summed E-state index contributed by atoms with van der Waals surface area (Å²) in [6.45, 7) is 5.90. The normalized spacial score (nSPS) is 13.9. The average molecular weight is 557 g/mol. The minimum absolute atomic E-state index is 0.0294. The third kappa shape index (κ3) is 6.16. The number of nitrogens with zero attached hydrogens (tertiary/aromatic N) is 2. The number of anilines is 2. The first kappa shape index (κ1) is 25.1. The molecule has 1 aliphatic rings. The van der Waals surface area contributed by atoms with Crippen molar-refractivity contribution in [3.05, 3.63) is 87.9 Å². The van der Waals surface area contributed by atoms with Crippen molar-refractivity contribution >= 4 is 50.7 Å². The van der Waals surface area contributed by atoms with Crippen molar-refractivity contribution < 1.29 is 14.3 Å². The van der Waals surface area contributed by atoms with E-state index in [9.17, 15) is 9.59 Å². The van der Waals surface area contributed by atoms with Gasteiger partial charge in [0.1, 0.15) is 5.75 Å². The van der Waals surface area contributed by atoms with Gasteiger partial charge in [0, 0.05) is 41.2 Å². The lowest BCUT2D eigenvalue weighted by Gasteiger charge is -2.37. The van der Waals surface area contributed by atoms with Crippen LogP contribution in [0.5, 0.6) is 5.75 Å². The number of carbonyl (C=O) groups excluding carboxylic acids is 2. The van der Waals surface area contributed by atoms with Crippen LogP contribution in [0.4, 0.5) is 11.4 Å². The largest absolute Gasteiger partial charge is 0.478 e. The number of ether oxygens (including phenoxy) is 1. The predicted octanol–water partition coefficient (Wildman–Crippen LogP) is 5.86. The predicted molar refractivity (Wildman–Crippen MR) is 143 cm³/mol. The molecule has 35 heavy (non-hydrogen) atoms. The summed E-state index contributed by atoms with van der Waals surface area (Å²) in [7, 11) is 0. The first-order valence-corrected chi connectivity index (χ1v) is 12.5. The van der Waals surface area contributed by atoms with Crippen LogP contribution in [0, 0.1) is 0 Å². The van der Waals surface area contributed by atoms with E-state index in [4.69, 9.17) is 16.3 Å². The van der Waals surface area contributed by atoms with Crippen LogP contribution in [-0.4, -0.2) is 48.5 Å². The molecule has 1 N–H and O–H groups in total. The van der Waals surface area contributed by atoms with E-state index in [-0.39, 0.29) is 11.8 Å². The average Bonchev–Trinajstić information content (AvgIpc) is 2.86. The SMILES string of the molecule is CC(C)(Oc1ccc(Br)cc1)C(=O)Nc1cc(Cl)ccc1N1CCN(C(=O)c2ccccc2)CC1. The number of carbonyl (C=O) groups is 2. The molecule has 0 radical (unpaired) electrons. The summed E-state index contributed by atoms with van der Waals surface area (Å²) in [5.74, 6) is 0.336. The molecule has 0 aromatic heterocycles. The number of nitrogens with one attached hydrogen (secondary N) is 1. The number of benzene rings is 3. The van der Waals surface area contributed by atoms with Gasteiger partial charge in [-0.05, 0) is 68.4 Å². The number of piperazine rings is 1. The number of hydrogen-bond acceptors (Lipinski definition) is 4. The monoisotopic (exact) mass is 555 g/mol. The summed E-state index contributed by atoms with van der Waals surface area (Å²) in [6, 6.07) is 22.1. The van der Waals surface area contributed by atoms with Crippen molar-refractivity contribution in [2.45, 2.75) is 19.4 Å². The second-order valence-corrected chi connectivity index (χ2v) is 10.2. The van der Waals surface area contributed by atoms with E-state index in [1.165, 1.54) is 0 Å². The molecule has 4 rings (SSSR count). The van der Waals surface area contributed by atoms with Crippen LogP contribution in [0.3, 0.4) is 0 Å². The maximum atomic E-state index is 13.2. The summed E-state index contributed by atoms with van der Waals surface area (Å²) in [5.41, 5.74) is 1.04. The fraction of sp³-hybridized carbons (Fsp3) is 0.259. The van der Waals surface area contributed by atoms with Crippen LogP contribution in [0.15, 0.2) is 77.3 Å². The Kier molecular flexibility index (Phi) is 7.67.